The largest absolute Gasteiger partial charge is 0.469 e. The number of halogens is 1. The van der Waals surface area contributed by atoms with E-state index in [1.54, 1.807) is 6.92 Å². The third kappa shape index (κ3) is 4.69. The number of hydrogen-bond donors (Lipinski definition) is 2. The smallest absolute Gasteiger partial charge is 0.259 e. The summed E-state index contributed by atoms with van der Waals surface area (Å²) in [6.45, 7) is 1.60. The van der Waals surface area contributed by atoms with Crippen LogP contribution >= 0.6 is 0 Å². The van der Waals surface area contributed by atoms with Crippen molar-refractivity contribution in [1.82, 2.24) is 0 Å². The van der Waals surface area contributed by atoms with Crippen molar-refractivity contribution >= 4 is 33.0 Å². The third-order valence-corrected chi connectivity index (χ3v) is 5.21. The highest BCUT2D eigenvalue weighted by atomic mass is 32.2. The number of aryl methyl sites for hydroxylation is 1. The molecular formula is C20H17FN2O5S. The van der Waals surface area contributed by atoms with E-state index in [9.17, 15) is 22.4 Å². The Hall–Kier alpha value is -3.46. The van der Waals surface area contributed by atoms with Crippen LogP contribution in [0.4, 0.5) is 15.8 Å². The number of carbonyl (C=O) groups is 2. The van der Waals surface area contributed by atoms with E-state index < -0.39 is 27.5 Å². The van der Waals surface area contributed by atoms with E-state index >= 15 is 0 Å². The zero-order valence-corrected chi connectivity index (χ0v) is 16.3. The van der Waals surface area contributed by atoms with Crippen molar-refractivity contribution in [3.05, 3.63) is 77.5 Å². The molecule has 150 valence electrons. The summed E-state index contributed by atoms with van der Waals surface area (Å²) in [5, 5.41) is 4.98. The lowest BCUT2D eigenvalue weighted by Gasteiger charge is -2.10. The van der Waals surface area contributed by atoms with Crippen LogP contribution in [0, 0.1) is 12.7 Å². The van der Waals surface area contributed by atoms with E-state index in [1.807, 2.05) is 0 Å². The molecule has 0 spiro atoms. The predicted molar refractivity (Wildman–Crippen MR) is 105 cm³/mol. The number of sulfone groups is 1. The number of nitrogens with one attached hydrogen (secondary N) is 2. The molecule has 0 saturated heterocycles. The maximum Gasteiger partial charge on any atom is 0.259 e. The third-order valence-electron chi connectivity index (χ3n) is 4.10. The molecule has 0 aliphatic carbocycles. The standard InChI is InChI=1S/C20H17FN2O5S/c1-12-16(8-9-28-12)20(25)23-18-11-14(6-7-17(18)21)22-19(24)13-4-3-5-15(10-13)29(2,26)27/h3-11H,1-2H3,(H,22,24)(H,23,25). The molecule has 7 nitrogen and oxygen atoms in total. The molecule has 0 radical (unpaired) electrons. The van der Waals surface area contributed by atoms with Crippen LogP contribution < -0.4 is 10.6 Å². The van der Waals surface area contributed by atoms with Crippen LogP contribution in [-0.2, 0) is 9.84 Å². The van der Waals surface area contributed by atoms with Gasteiger partial charge in [-0.2, -0.15) is 0 Å². The highest BCUT2D eigenvalue weighted by molar-refractivity contribution is 7.90. The van der Waals surface area contributed by atoms with E-state index in [4.69, 9.17) is 4.42 Å². The van der Waals surface area contributed by atoms with Gasteiger partial charge in [0.1, 0.15) is 11.6 Å². The SMILES string of the molecule is Cc1occc1C(=O)Nc1cc(NC(=O)c2cccc(S(C)(=O)=O)c2)ccc1F. The van der Waals surface area contributed by atoms with Crippen LogP contribution in [0.3, 0.4) is 0 Å². The van der Waals surface area contributed by atoms with Crippen LogP contribution in [0.25, 0.3) is 0 Å². The van der Waals surface area contributed by atoms with Crippen molar-refractivity contribution in [3.63, 3.8) is 0 Å². The Morgan fingerprint density at radius 1 is 1.00 bits per heavy atom. The molecule has 0 aliphatic rings. The van der Waals surface area contributed by atoms with E-state index in [2.05, 4.69) is 10.6 Å². The molecule has 0 unspecified atom stereocenters. The summed E-state index contributed by atoms with van der Waals surface area (Å²) in [4.78, 5) is 24.7. The summed E-state index contributed by atoms with van der Waals surface area (Å²) < 4.78 is 42.5. The van der Waals surface area contributed by atoms with E-state index in [0.29, 0.717) is 5.76 Å². The van der Waals surface area contributed by atoms with Crippen LogP contribution in [0.2, 0.25) is 0 Å². The second kappa shape index (κ2) is 7.88. The van der Waals surface area contributed by atoms with Gasteiger partial charge in [-0.25, -0.2) is 12.8 Å². The fourth-order valence-corrected chi connectivity index (χ4v) is 3.25. The Kier molecular flexibility index (Phi) is 5.51. The van der Waals surface area contributed by atoms with Gasteiger partial charge in [0, 0.05) is 17.5 Å². The molecule has 1 aromatic heterocycles. The van der Waals surface area contributed by atoms with Gasteiger partial charge in [-0.05, 0) is 49.4 Å². The normalized spacial score (nSPS) is 11.1. The van der Waals surface area contributed by atoms with Crippen molar-refractivity contribution in [1.29, 1.82) is 0 Å². The molecule has 29 heavy (non-hydrogen) atoms. The molecule has 0 atom stereocenters. The number of carbonyl (C=O) groups excluding carboxylic acids is 2. The average molecular weight is 416 g/mol. The van der Waals surface area contributed by atoms with Crippen molar-refractivity contribution < 1.29 is 26.8 Å². The van der Waals surface area contributed by atoms with Crippen LogP contribution in [0.1, 0.15) is 26.5 Å². The molecular weight excluding hydrogens is 399 g/mol. The summed E-state index contributed by atoms with van der Waals surface area (Å²) in [5.41, 5.74) is 0.479. The Bertz CT molecular complexity index is 1200. The quantitative estimate of drug-likeness (QED) is 0.661. The molecule has 1 heterocycles. The van der Waals surface area contributed by atoms with Crippen LogP contribution in [0.15, 0.2) is 64.1 Å². The van der Waals surface area contributed by atoms with E-state index in [-0.39, 0.29) is 27.4 Å². The molecule has 2 N–H and O–H groups in total. The number of hydrogen-bond acceptors (Lipinski definition) is 5. The minimum absolute atomic E-state index is 0.00712. The fraction of sp³-hybridized carbons (Fsp3) is 0.100. The molecule has 2 aromatic carbocycles. The monoisotopic (exact) mass is 416 g/mol. The predicted octanol–water partition coefficient (Wildman–Crippen LogP) is 3.64. The van der Waals surface area contributed by atoms with Gasteiger partial charge in [0.25, 0.3) is 11.8 Å². The highest BCUT2D eigenvalue weighted by Crippen LogP contribution is 2.22. The van der Waals surface area contributed by atoms with Crippen LogP contribution in [-0.4, -0.2) is 26.5 Å². The Morgan fingerprint density at radius 2 is 1.76 bits per heavy atom. The summed E-state index contributed by atoms with van der Waals surface area (Å²) in [7, 11) is -3.47. The summed E-state index contributed by atoms with van der Waals surface area (Å²) >= 11 is 0. The minimum atomic E-state index is -3.47. The fourth-order valence-electron chi connectivity index (χ4n) is 2.58. The number of anilines is 2. The lowest BCUT2D eigenvalue weighted by molar-refractivity contribution is 0.101. The first kappa shape index (κ1) is 20.3. The second-order valence-corrected chi connectivity index (χ2v) is 8.31. The maximum atomic E-state index is 14.1. The van der Waals surface area contributed by atoms with Crippen molar-refractivity contribution in [2.45, 2.75) is 11.8 Å². The molecule has 0 aliphatic heterocycles. The summed E-state index contributed by atoms with van der Waals surface area (Å²) in [5.74, 6) is -1.43. The molecule has 2 amide bonds. The minimum Gasteiger partial charge on any atom is -0.469 e. The van der Waals surface area contributed by atoms with Gasteiger partial charge in [0.2, 0.25) is 0 Å². The molecule has 9 heteroatoms. The Balaban J connectivity index is 1.80. The second-order valence-electron chi connectivity index (χ2n) is 6.29. The zero-order chi connectivity index (χ0) is 21.2. The number of furan rings is 1. The van der Waals surface area contributed by atoms with Gasteiger partial charge in [-0.15, -0.1) is 0 Å². The first-order valence-electron chi connectivity index (χ1n) is 8.41. The zero-order valence-electron chi connectivity index (χ0n) is 15.5. The highest BCUT2D eigenvalue weighted by Gasteiger charge is 2.16. The molecule has 0 bridgehead atoms. The summed E-state index contributed by atoms with van der Waals surface area (Å²) in [6, 6.07) is 10.7. The van der Waals surface area contributed by atoms with Crippen molar-refractivity contribution in [3.8, 4) is 0 Å². The topological polar surface area (TPSA) is 105 Å². The van der Waals surface area contributed by atoms with Crippen molar-refractivity contribution in [2.75, 3.05) is 16.9 Å². The van der Waals surface area contributed by atoms with E-state index in [0.717, 1.165) is 12.3 Å². The molecule has 3 rings (SSSR count). The van der Waals surface area contributed by atoms with Gasteiger partial charge in [-0.1, -0.05) is 6.07 Å². The number of benzene rings is 2. The Morgan fingerprint density at radius 3 is 2.41 bits per heavy atom. The van der Waals surface area contributed by atoms with Gasteiger partial charge in [-0.3, -0.25) is 9.59 Å². The molecule has 0 saturated carbocycles. The number of rotatable bonds is 5. The van der Waals surface area contributed by atoms with Gasteiger partial charge >= 0.3 is 0 Å². The molecule has 3 aromatic rings. The molecule has 0 fully saturated rings. The van der Waals surface area contributed by atoms with Gasteiger partial charge in [0.05, 0.1) is 22.4 Å². The van der Waals surface area contributed by atoms with Gasteiger partial charge < -0.3 is 15.1 Å². The lowest BCUT2D eigenvalue weighted by Crippen LogP contribution is -2.15. The lowest BCUT2D eigenvalue weighted by atomic mass is 10.2. The first-order chi connectivity index (χ1) is 13.6. The summed E-state index contributed by atoms with van der Waals surface area (Å²) in [6.07, 6.45) is 2.39. The average Bonchev–Trinajstić information content (AvgIpc) is 3.10. The first-order valence-corrected chi connectivity index (χ1v) is 10.3. The van der Waals surface area contributed by atoms with Crippen LogP contribution in [0.5, 0.6) is 0 Å². The number of amides is 2. The Labute approximate surface area is 166 Å². The van der Waals surface area contributed by atoms with Crippen molar-refractivity contribution in [2.24, 2.45) is 0 Å². The maximum absolute atomic E-state index is 14.1. The van der Waals surface area contributed by atoms with Gasteiger partial charge in [0.15, 0.2) is 9.84 Å². The van der Waals surface area contributed by atoms with E-state index in [1.165, 1.54) is 48.7 Å².